The number of methoxy groups -OCH3 is 1. The van der Waals surface area contributed by atoms with Gasteiger partial charge < -0.3 is 4.74 Å². The third-order valence-electron chi connectivity index (χ3n) is 4.16. The van der Waals surface area contributed by atoms with Crippen LogP contribution in [0.15, 0.2) is 57.0 Å². The minimum Gasteiger partial charge on any atom is -0.497 e. The highest BCUT2D eigenvalue weighted by molar-refractivity contribution is 9.10. The van der Waals surface area contributed by atoms with E-state index in [1.165, 1.54) is 11.8 Å². The van der Waals surface area contributed by atoms with Crippen molar-refractivity contribution >= 4 is 44.5 Å². The molecule has 0 saturated carbocycles. The van der Waals surface area contributed by atoms with Crippen LogP contribution < -0.4 is 20.6 Å². The van der Waals surface area contributed by atoms with Crippen LogP contribution in [-0.4, -0.2) is 29.4 Å². The van der Waals surface area contributed by atoms with E-state index in [-0.39, 0.29) is 5.91 Å². The Morgan fingerprint density at radius 3 is 2.88 bits per heavy atom. The summed E-state index contributed by atoms with van der Waals surface area (Å²) in [7, 11) is 1.62. The van der Waals surface area contributed by atoms with Crippen LogP contribution in [0.5, 0.6) is 5.75 Å². The van der Waals surface area contributed by atoms with E-state index < -0.39 is 6.17 Å². The summed E-state index contributed by atoms with van der Waals surface area (Å²) in [5, 5.41) is 11.2. The topological polar surface area (TPSA) is 66.3 Å². The van der Waals surface area contributed by atoms with E-state index in [0.717, 1.165) is 26.4 Å². The van der Waals surface area contributed by atoms with Gasteiger partial charge in [0, 0.05) is 15.3 Å². The molecule has 0 aromatic heterocycles. The lowest BCUT2D eigenvalue weighted by molar-refractivity contribution is -0.116. The number of hydrogen-bond acceptors (Lipinski definition) is 6. The Balaban J connectivity index is 1.98. The first-order chi connectivity index (χ1) is 12.6. The van der Waals surface area contributed by atoms with Gasteiger partial charge in [0.15, 0.2) is 11.3 Å². The Morgan fingerprint density at radius 2 is 2.12 bits per heavy atom. The van der Waals surface area contributed by atoms with E-state index in [1.54, 1.807) is 12.1 Å². The molecule has 132 valence electrons. The lowest BCUT2D eigenvalue weighted by Crippen LogP contribution is -2.50. The minimum absolute atomic E-state index is 0.188. The van der Waals surface area contributed by atoms with Crippen LogP contribution in [0.3, 0.4) is 0 Å². The molecule has 8 heteroatoms. The maximum absolute atomic E-state index is 12.8. The Labute approximate surface area is 162 Å². The van der Waals surface area contributed by atoms with E-state index in [9.17, 15) is 4.79 Å². The third kappa shape index (κ3) is 2.89. The molecule has 1 unspecified atom stereocenters. The Kier molecular flexibility index (Phi) is 4.46. The van der Waals surface area contributed by atoms with Crippen molar-refractivity contribution in [1.29, 1.82) is 0 Å². The summed E-state index contributed by atoms with van der Waals surface area (Å²) in [6.45, 7) is 0. The van der Waals surface area contributed by atoms with E-state index in [0.29, 0.717) is 10.9 Å². The van der Waals surface area contributed by atoms with Crippen LogP contribution >= 0.6 is 27.7 Å². The molecular weight excluding hydrogens is 416 g/mol. The molecule has 2 aliphatic rings. The van der Waals surface area contributed by atoms with Crippen LogP contribution in [0.1, 0.15) is 11.7 Å². The summed E-state index contributed by atoms with van der Waals surface area (Å²) in [6, 6.07) is 13.4. The van der Waals surface area contributed by atoms with Crippen LogP contribution in [0.25, 0.3) is 5.70 Å². The fourth-order valence-electron chi connectivity index (χ4n) is 2.96. The predicted octanol–water partition coefficient (Wildman–Crippen LogP) is 1.96. The molecule has 26 heavy (non-hydrogen) atoms. The Bertz CT molecular complexity index is 1050. The van der Waals surface area contributed by atoms with Crippen molar-refractivity contribution in [2.75, 3.05) is 13.4 Å². The highest BCUT2D eigenvalue weighted by Crippen LogP contribution is 2.32. The van der Waals surface area contributed by atoms with Crippen molar-refractivity contribution in [1.82, 2.24) is 10.3 Å². The van der Waals surface area contributed by atoms with Gasteiger partial charge >= 0.3 is 0 Å². The van der Waals surface area contributed by atoms with Crippen LogP contribution in [0, 0.1) is 0 Å². The second-order valence-corrected chi connectivity index (χ2v) is 7.41. The molecule has 2 aliphatic heterocycles. The highest BCUT2D eigenvalue weighted by Gasteiger charge is 2.34. The molecule has 0 spiro atoms. The molecule has 2 aromatic carbocycles. The van der Waals surface area contributed by atoms with Crippen molar-refractivity contribution in [2.45, 2.75) is 6.17 Å². The summed E-state index contributed by atoms with van der Waals surface area (Å²) < 4.78 is 6.22. The largest absolute Gasteiger partial charge is 0.497 e. The summed E-state index contributed by atoms with van der Waals surface area (Å²) in [5.41, 5.74) is 1.39. The van der Waals surface area contributed by atoms with E-state index in [4.69, 9.17) is 9.73 Å². The quantitative estimate of drug-likeness (QED) is 0.790. The number of benzene rings is 2. The number of rotatable bonds is 2. The van der Waals surface area contributed by atoms with E-state index in [2.05, 4.69) is 26.3 Å². The number of nitrogens with one attached hydrogen (secondary N) is 1. The summed E-state index contributed by atoms with van der Waals surface area (Å²) in [6.07, 6.45) is 1.43. The van der Waals surface area contributed by atoms with Crippen molar-refractivity contribution in [3.63, 3.8) is 0 Å². The van der Waals surface area contributed by atoms with Crippen molar-refractivity contribution in [2.24, 2.45) is 10.1 Å². The second kappa shape index (κ2) is 6.77. The molecule has 0 saturated heterocycles. The molecular formula is C18H15BrN4O2S. The van der Waals surface area contributed by atoms with Crippen molar-refractivity contribution in [3.8, 4) is 5.75 Å². The minimum atomic E-state index is -0.443. The summed E-state index contributed by atoms with van der Waals surface area (Å²) in [4.78, 5) is 17.7. The van der Waals surface area contributed by atoms with Gasteiger partial charge in [-0.25, -0.2) is 5.01 Å². The number of hydrazone groups is 1. The van der Waals surface area contributed by atoms with Gasteiger partial charge in [-0.2, -0.15) is 0 Å². The molecule has 1 N–H and O–H groups in total. The van der Waals surface area contributed by atoms with Gasteiger partial charge in [-0.05, 0) is 36.6 Å². The number of amidine groups is 1. The average Bonchev–Trinajstić information content (AvgIpc) is 2.67. The molecule has 1 amide bonds. The monoisotopic (exact) mass is 430 g/mol. The van der Waals surface area contributed by atoms with Gasteiger partial charge in [0.05, 0.1) is 12.5 Å². The number of amides is 1. The molecule has 2 heterocycles. The van der Waals surface area contributed by atoms with Gasteiger partial charge in [-0.3, -0.25) is 15.1 Å². The lowest BCUT2D eigenvalue weighted by Gasteiger charge is -2.34. The predicted molar refractivity (Wildman–Crippen MR) is 105 cm³/mol. The zero-order valence-corrected chi connectivity index (χ0v) is 16.5. The SMILES string of the molecule is COc1cccc(C2N=c3ccc(Br)cc3=C3C(=O)NC(SC)=NN32)c1. The zero-order valence-electron chi connectivity index (χ0n) is 14.1. The first-order valence-corrected chi connectivity index (χ1v) is 9.87. The lowest BCUT2D eigenvalue weighted by atomic mass is 10.1. The number of thioether (sulfide) groups is 1. The first kappa shape index (κ1) is 17.1. The number of nitrogens with zero attached hydrogens (tertiary/aromatic N) is 3. The molecule has 4 rings (SSSR count). The van der Waals surface area contributed by atoms with E-state index >= 15 is 0 Å². The van der Waals surface area contributed by atoms with Crippen molar-refractivity contribution < 1.29 is 9.53 Å². The van der Waals surface area contributed by atoms with E-state index in [1.807, 2.05) is 48.7 Å². The van der Waals surface area contributed by atoms with Gasteiger partial charge in [-0.1, -0.05) is 39.8 Å². The highest BCUT2D eigenvalue weighted by atomic mass is 79.9. The number of ether oxygens (including phenoxy) is 1. The Morgan fingerprint density at radius 1 is 1.27 bits per heavy atom. The molecule has 0 radical (unpaired) electrons. The molecule has 1 atom stereocenters. The smallest absolute Gasteiger partial charge is 0.276 e. The average molecular weight is 431 g/mol. The van der Waals surface area contributed by atoms with Crippen molar-refractivity contribution in [3.05, 3.63) is 63.1 Å². The fourth-order valence-corrected chi connectivity index (χ4v) is 3.69. The van der Waals surface area contributed by atoms with Gasteiger partial charge in [0.25, 0.3) is 5.91 Å². The van der Waals surface area contributed by atoms with Crippen LogP contribution in [0.2, 0.25) is 0 Å². The molecule has 0 fully saturated rings. The Hall–Kier alpha value is -2.32. The van der Waals surface area contributed by atoms with Crippen LogP contribution in [-0.2, 0) is 4.79 Å². The van der Waals surface area contributed by atoms with Crippen LogP contribution in [0.4, 0.5) is 0 Å². The first-order valence-electron chi connectivity index (χ1n) is 7.85. The number of carbonyl (C=O) groups excluding carboxylic acids is 1. The molecule has 0 bridgehead atoms. The normalized spacial score (nSPS) is 18.3. The number of halogens is 1. The molecule has 6 nitrogen and oxygen atoms in total. The van der Waals surface area contributed by atoms with Gasteiger partial charge in [0.1, 0.15) is 11.4 Å². The maximum Gasteiger partial charge on any atom is 0.276 e. The van der Waals surface area contributed by atoms with Gasteiger partial charge in [-0.15, -0.1) is 5.10 Å². The second-order valence-electron chi connectivity index (χ2n) is 5.70. The molecule has 2 aromatic rings. The number of carbonyl (C=O) groups is 1. The standard InChI is InChI=1S/C18H15BrN4O2S/c1-25-12-5-3-4-10(8-12)16-20-14-7-6-11(19)9-13(14)15-17(24)21-18(26-2)22-23(15)16/h3-9,16H,1-2H3,(H,21,22,24). The van der Waals surface area contributed by atoms with Gasteiger partial charge in [0.2, 0.25) is 0 Å². The third-order valence-corrected chi connectivity index (χ3v) is 5.22. The molecule has 0 aliphatic carbocycles. The summed E-state index contributed by atoms with van der Waals surface area (Å²) >= 11 is 4.85. The number of hydrogen-bond donors (Lipinski definition) is 1. The fraction of sp³-hybridized carbons (Fsp3) is 0.167. The summed E-state index contributed by atoms with van der Waals surface area (Å²) in [5.74, 6) is 0.544. The zero-order chi connectivity index (χ0) is 18.3. The number of fused-ring (bicyclic) bond motifs is 2. The maximum atomic E-state index is 12.8.